The lowest BCUT2D eigenvalue weighted by Crippen LogP contribution is -2.26. The van der Waals surface area contributed by atoms with E-state index in [4.69, 9.17) is 4.74 Å². The Morgan fingerprint density at radius 3 is 2.73 bits per heavy atom. The number of hydrogen-bond donors (Lipinski definition) is 1. The third kappa shape index (κ3) is 6.36. The lowest BCUT2D eigenvalue weighted by molar-refractivity contribution is -0.120. The maximum Gasteiger partial charge on any atom is 0.220 e. The van der Waals surface area contributed by atoms with Crippen molar-refractivity contribution < 1.29 is 9.53 Å². The number of hydrogen-bond acceptors (Lipinski definition) is 5. The van der Waals surface area contributed by atoms with Crippen LogP contribution in [0.25, 0.3) is 5.69 Å². The van der Waals surface area contributed by atoms with Gasteiger partial charge in [-0.25, -0.2) is 0 Å². The van der Waals surface area contributed by atoms with Gasteiger partial charge in [0.1, 0.15) is 11.6 Å². The molecule has 1 amide bonds. The van der Waals surface area contributed by atoms with Gasteiger partial charge in [-0.1, -0.05) is 37.1 Å². The fraction of sp³-hybridized carbons (Fsp3) is 0.522. The number of nitrogens with one attached hydrogen (secondary N) is 1. The fourth-order valence-corrected chi connectivity index (χ4v) is 4.88. The van der Waals surface area contributed by atoms with Crippen molar-refractivity contribution in [3.05, 3.63) is 42.7 Å². The number of thioether (sulfide) groups is 1. The molecule has 0 radical (unpaired) electrons. The molecule has 0 spiro atoms. The molecule has 7 heteroatoms. The first-order valence-corrected chi connectivity index (χ1v) is 11.8. The zero-order valence-electron chi connectivity index (χ0n) is 17.8. The Kier molecular flexibility index (Phi) is 8.81. The Labute approximate surface area is 183 Å². The highest BCUT2D eigenvalue weighted by molar-refractivity contribution is 7.99. The molecule has 0 saturated heterocycles. The zero-order valence-corrected chi connectivity index (χ0v) is 18.6. The Morgan fingerprint density at radius 2 is 2.03 bits per heavy atom. The SMILES string of the molecule is C=CCCC(=O)NCCc1nnc(SCC2CCCCC2)n1-c1ccc(OC)cc1. The summed E-state index contributed by atoms with van der Waals surface area (Å²) >= 11 is 1.79. The molecule has 0 bridgehead atoms. The number of nitrogens with zero attached hydrogens (tertiary/aromatic N) is 3. The Balaban J connectivity index is 1.71. The van der Waals surface area contributed by atoms with E-state index in [1.165, 1.54) is 32.1 Å². The minimum absolute atomic E-state index is 0.0392. The molecule has 1 aliphatic rings. The van der Waals surface area contributed by atoms with E-state index in [1.807, 2.05) is 24.3 Å². The van der Waals surface area contributed by atoms with E-state index in [0.717, 1.165) is 34.1 Å². The minimum atomic E-state index is 0.0392. The molecular formula is C23H32N4O2S. The van der Waals surface area contributed by atoms with Crippen LogP contribution in [0.2, 0.25) is 0 Å². The van der Waals surface area contributed by atoms with Crippen LogP contribution in [-0.4, -0.2) is 40.1 Å². The van der Waals surface area contributed by atoms with Crippen molar-refractivity contribution in [1.82, 2.24) is 20.1 Å². The van der Waals surface area contributed by atoms with Gasteiger partial charge in [-0.15, -0.1) is 16.8 Å². The Hall–Kier alpha value is -2.28. The number of carbonyl (C=O) groups excluding carboxylic acids is 1. The predicted octanol–water partition coefficient (Wildman–Crippen LogP) is 4.57. The number of carbonyl (C=O) groups is 1. The van der Waals surface area contributed by atoms with Gasteiger partial charge in [-0.05, 0) is 49.4 Å². The van der Waals surface area contributed by atoms with Crippen molar-refractivity contribution in [3.8, 4) is 11.4 Å². The van der Waals surface area contributed by atoms with Crippen LogP contribution in [0.5, 0.6) is 5.75 Å². The van der Waals surface area contributed by atoms with Crippen molar-refractivity contribution in [2.75, 3.05) is 19.4 Å². The maximum absolute atomic E-state index is 11.9. The summed E-state index contributed by atoms with van der Waals surface area (Å²) in [5.74, 6) is 3.55. The number of ether oxygens (including phenoxy) is 1. The highest BCUT2D eigenvalue weighted by atomic mass is 32.2. The summed E-state index contributed by atoms with van der Waals surface area (Å²) in [6.07, 6.45) is 10.2. The molecule has 1 saturated carbocycles. The monoisotopic (exact) mass is 428 g/mol. The fourth-order valence-electron chi connectivity index (χ4n) is 3.73. The second-order valence-electron chi connectivity index (χ2n) is 7.67. The summed E-state index contributed by atoms with van der Waals surface area (Å²) in [5.41, 5.74) is 1.01. The van der Waals surface area contributed by atoms with E-state index in [0.29, 0.717) is 25.8 Å². The van der Waals surface area contributed by atoms with E-state index in [1.54, 1.807) is 24.9 Å². The average molecular weight is 429 g/mol. The number of aromatic nitrogens is 3. The third-order valence-corrected chi connectivity index (χ3v) is 6.61. The molecule has 1 N–H and O–H groups in total. The lowest BCUT2D eigenvalue weighted by Gasteiger charge is -2.20. The smallest absolute Gasteiger partial charge is 0.220 e. The highest BCUT2D eigenvalue weighted by Crippen LogP contribution is 2.31. The molecule has 1 fully saturated rings. The van der Waals surface area contributed by atoms with Gasteiger partial charge in [0.2, 0.25) is 5.91 Å². The number of benzene rings is 1. The van der Waals surface area contributed by atoms with Gasteiger partial charge >= 0.3 is 0 Å². The van der Waals surface area contributed by atoms with Crippen molar-refractivity contribution in [1.29, 1.82) is 0 Å². The molecule has 0 aliphatic heterocycles. The lowest BCUT2D eigenvalue weighted by atomic mass is 9.91. The first-order valence-electron chi connectivity index (χ1n) is 10.8. The van der Waals surface area contributed by atoms with E-state index < -0.39 is 0 Å². The second-order valence-corrected chi connectivity index (χ2v) is 8.66. The summed E-state index contributed by atoms with van der Waals surface area (Å²) in [7, 11) is 1.67. The molecule has 2 aromatic rings. The normalized spacial score (nSPS) is 14.4. The van der Waals surface area contributed by atoms with Crippen LogP contribution < -0.4 is 10.1 Å². The van der Waals surface area contributed by atoms with Crippen LogP contribution >= 0.6 is 11.8 Å². The molecule has 162 valence electrons. The summed E-state index contributed by atoms with van der Waals surface area (Å²) in [4.78, 5) is 11.9. The van der Waals surface area contributed by atoms with Gasteiger partial charge in [-0.3, -0.25) is 9.36 Å². The molecule has 0 unspecified atom stereocenters. The third-order valence-electron chi connectivity index (χ3n) is 5.45. The molecule has 1 heterocycles. The van der Waals surface area contributed by atoms with Crippen LogP contribution in [0.4, 0.5) is 0 Å². The van der Waals surface area contributed by atoms with E-state index >= 15 is 0 Å². The maximum atomic E-state index is 11.9. The molecule has 30 heavy (non-hydrogen) atoms. The standard InChI is InChI=1S/C23H32N4O2S/c1-3-4-10-22(28)24-16-15-21-25-26-23(30-17-18-8-6-5-7-9-18)27(21)19-11-13-20(29-2)14-12-19/h3,11-14,18H,1,4-10,15-17H2,2H3,(H,24,28). The predicted molar refractivity (Wildman–Crippen MR) is 121 cm³/mol. The molecule has 1 aliphatic carbocycles. The molecule has 3 rings (SSSR count). The molecule has 1 aromatic carbocycles. The Bertz CT molecular complexity index is 813. The summed E-state index contributed by atoms with van der Waals surface area (Å²) < 4.78 is 7.41. The summed E-state index contributed by atoms with van der Waals surface area (Å²) in [5, 5.41) is 12.8. The highest BCUT2D eigenvalue weighted by Gasteiger charge is 2.18. The first-order chi connectivity index (χ1) is 14.7. The zero-order chi connectivity index (χ0) is 21.2. The molecule has 6 nitrogen and oxygen atoms in total. The van der Waals surface area contributed by atoms with E-state index in [-0.39, 0.29) is 5.91 Å². The number of methoxy groups -OCH3 is 1. The topological polar surface area (TPSA) is 69.0 Å². The van der Waals surface area contributed by atoms with Crippen LogP contribution in [-0.2, 0) is 11.2 Å². The number of allylic oxidation sites excluding steroid dienone is 1. The largest absolute Gasteiger partial charge is 0.497 e. The number of amides is 1. The van der Waals surface area contributed by atoms with Crippen molar-refractivity contribution >= 4 is 17.7 Å². The van der Waals surface area contributed by atoms with Crippen LogP contribution in [0.3, 0.4) is 0 Å². The average Bonchev–Trinajstić information content (AvgIpc) is 3.19. The van der Waals surface area contributed by atoms with E-state index in [2.05, 4.69) is 26.7 Å². The molecule has 1 aromatic heterocycles. The van der Waals surface area contributed by atoms with Gasteiger partial charge in [0, 0.05) is 30.8 Å². The van der Waals surface area contributed by atoms with Crippen LogP contribution in [0.15, 0.2) is 42.1 Å². The molecular weight excluding hydrogens is 396 g/mol. The van der Waals surface area contributed by atoms with Crippen molar-refractivity contribution in [3.63, 3.8) is 0 Å². The van der Waals surface area contributed by atoms with Crippen molar-refractivity contribution in [2.24, 2.45) is 5.92 Å². The first kappa shape index (κ1) is 22.4. The van der Waals surface area contributed by atoms with Crippen molar-refractivity contribution in [2.45, 2.75) is 56.5 Å². The van der Waals surface area contributed by atoms with Gasteiger partial charge in [0.15, 0.2) is 5.16 Å². The second kappa shape index (κ2) is 11.8. The van der Waals surface area contributed by atoms with Gasteiger partial charge in [0.25, 0.3) is 0 Å². The summed E-state index contributed by atoms with van der Waals surface area (Å²) in [6.45, 7) is 4.20. The quantitative estimate of drug-likeness (QED) is 0.419. The van der Waals surface area contributed by atoms with Crippen LogP contribution in [0, 0.1) is 5.92 Å². The van der Waals surface area contributed by atoms with E-state index in [9.17, 15) is 4.79 Å². The number of rotatable bonds is 11. The molecule has 0 atom stereocenters. The Morgan fingerprint density at radius 1 is 1.27 bits per heavy atom. The van der Waals surface area contributed by atoms with Crippen LogP contribution in [0.1, 0.15) is 50.8 Å². The van der Waals surface area contributed by atoms with Gasteiger partial charge in [0.05, 0.1) is 7.11 Å². The minimum Gasteiger partial charge on any atom is -0.497 e. The summed E-state index contributed by atoms with van der Waals surface area (Å²) in [6, 6.07) is 7.95. The van der Waals surface area contributed by atoms with Gasteiger partial charge in [-0.2, -0.15) is 0 Å². The van der Waals surface area contributed by atoms with Gasteiger partial charge < -0.3 is 10.1 Å².